The number of nitrogens with zero attached hydrogens (tertiary/aromatic N) is 4. The van der Waals surface area contributed by atoms with E-state index in [0.717, 1.165) is 10.5 Å². The monoisotopic (exact) mass is 513 g/mol. The molecule has 5 rings (SSSR count). The molecule has 2 aliphatic rings. The Labute approximate surface area is 209 Å². The minimum Gasteiger partial charge on any atom is -0.496 e. The van der Waals surface area contributed by atoms with Crippen LogP contribution < -0.4 is 15.0 Å². The summed E-state index contributed by atoms with van der Waals surface area (Å²) in [4.78, 5) is 36.8. The highest BCUT2D eigenvalue weighted by atomic mass is 35.5. The number of methoxy groups -OCH3 is 1. The lowest BCUT2D eigenvalue weighted by atomic mass is 9.93. The Morgan fingerprint density at radius 1 is 1.31 bits per heavy atom. The van der Waals surface area contributed by atoms with E-state index in [9.17, 15) is 9.59 Å². The molecule has 3 aromatic rings. The third kappa shape index (κ3) is 3.67. The third-order valence-electron chi connectivity index (χ3n) is 6.01. The Morgan fingerprint density at radius 2 is 2.11 bits per heavy atom. The summed E-state index contributed by atoms with van der Waals surface area (Å²) in [6.45, 7) is 4.39. The smallest absolute Gasteiger partial charge is 0.332 e. The first-order valence-corrected chi connectivity index (χ1v) is 11.3. The molecule has 1 aromatic heterocycles. The number of rotatable bonds is 4. The minimum atomic E-state index is -0.847. The molecule has 178 valence electrons. The maximum atomic E-state index is 15.0. The molecular formula is C24H18Cl2FN5O3. The van der Waals surface area contributed by atoms with E-state index in [1.807, 2.05) is 6.08 Å². The molecule has 11 heteroatoms. The highest BCUT2D eigenvalue weighted by Gasteiger charge is 2.35. The van der Waals surface area contributed by atoms with Gasteiger partial charge in [0.2, 0.25) is 5.91 Å². The van der Waals surface area contributed by atoms with Crippen molar-refractivity contribution in [3.63, 3.8) is 0 Å². The number of hydrogen-bond donors (Lipinski definition) is 1. The number of ether oxygens (including phenoxy) is 1. The van der Waals surface area contributed by atoms with E-state index < -0.39 is 11.8 Å². The highest BCUT2D eigenvalue weighted by Crippen LogP contribution is 2.48. The maximum Gasteiger partial charge on any atom is 0.332 e. The van der Waals surface area contributed by atoms with E-state index in [-0.39, 0.29) is 27.5 Å². The van der Waals surface area contributed by atoms with Crippen LogP contribution >= 0.6 is 23.2 Å². The molecule has 0 bridgehead atoms. The van der Waals surface area contributed by atoms with E-state index in [1.165, 1.54) is 31.6 Å². The molecule has 0 unspecified atom stereocenters. The van der Waals surface area contributed by atoms with Crippen LogP contribution in [0.5, 0.6) is 5.75 Å². The lowest BCUT2D eigenvalue weighted by Gasteiger charge is -2.32. The summed E-state index contributed by atoms with van der Waals surface area (Å²) in [7, 11) is 1.53. The molecule has 0 saturated carbocycles. The SMILES string of the molecule is C=CC(=O)N1CC=C(c2c(OC)cc3ncnc4c3c2NC(=O)N4c2ccc(Cl)c(Cl)c2F)CC1. The topological polar surface area (TPSA) is 87.7 Å². The summed E-state index contributed by atoms with van der Waals surface area (Å²) in [6, 6.07) is 3.87. The van der Waals surface area contributed by atoms with Crippen LogP contribution in [0.2, 0.25) is 10.0 Å². The van der Waals surface area contributed by atoms with Crippen LogP contribution in [0, 0.1) is 5.82 Å². The van der Waals surface area contributed by atoms with Crippen LogP contribution in [-0.2, 0) is 4.79 Å². The number of hydrogen-bond acceptors (Lipinski definition) is 5. The van der Waals surface area contributed by atoms with Crippen LogP contribution in [-0.4, -0.2) is 47.0 Å². The molecule has 3 amide bonds. The van der Waals surface area contributed by atoms with Crippen molar-refractivity contribution in [1.29, 1.82) is 0 Å². The van der Waals surface area contributed by atoms with Gasteiger partial charge in [-0.25, -0.2) is 24.1 Å². The van der Waals surface area contributed by atoms with Gasteiger partial charge in [-0.3, -0.25) is 4.79 Å². The summed E-state index contributed by atoms with van der Waals surface area (Å²) in [5.41, 5.74) is 2.39. The van der Waals surface area contributed by atoms with Crippen molar-refractivity contribution in [3.8, 4) is 5.75 Å². The van der Waals surface area contributed by atoms with Crippen molar-refractivity contribution >= 4 is 68.8 Å². The molecule has 1 N–H and O–H groups in total. The van der Waals surface area contributed by atoms with Gasteiger partial charge < -0.3 is 15.0 Å². The lowest BCUT2D eigenvalue weighted by molar-refractivity contribution is -0.125. The molecule has 2 aromatic carbocycles. The van der Waals surface area contributed by atoms with Crippen molar-refractivity contribution < 1.29 is 18.7 Å². The van der Waals surface area contributed by atoms with Gasteiger partial charge in [-0.05, 0) is 30.2 Å². The zero-order chi connectivity index (χ0) is 24.9. The van der Waals surface area contributed by atoms with Gasteiger partial charge in [0.15, 0.2) is 11.6 Å². The average Bonchev–Trinajstić information content (AvgIpc) is 2.87. The van der Waals surface area contributed by atoms with Crippen LogP contribution in [0.1, 0.15) is 12.0 Å². The van der Waals surface area contributed by atoms with Gasteiger partial charge in [0.25, 0.3) is 0 Å². The van der Waals surface area contributed by atoms with Crippen LogP contribution in [0.15, 0.2) is 43.3 Å². The number of benzene rings is 2. The van der Waals surface area contributed by atoms with Gasteiger partial charge in [-0.15, -0.1) is 0 Å². The van der Waals surface area contributed by atoms with Gasteiger partial charge in [0.1, 0.15) is 12.1 Å². The molecule has 8 nitrogen and oxygen atoms in total. The minimum absolute atomic E-state index is 0.0267. The van der Waals surface area contributed by atoms with Crippen molar-refractivity contribution in [2.45, 2.75) is 6.42 Å². The van der Waals surface area contributed by atoms with Gasteiger partial charge in [0, 0.05) is 24.7 Å². The second-order valence-corrected chi connectivity index (χ2v) is 8.63. The second kappa shape index (κ2) is 8.83. The van der Waals surface area contributed by atoms with Crippen molar-refractivity contribution in [2.24, 2.45) is 0 Å². The molecule has 2 aliphatic heterocycles. The molecule has 3 heterocycles. The fraction of sp³-hybridized carbons (Fsp3) is 0.167. The average molecular weight is 514 g/mol. The number of aromatic nitrogens is 2. The fourth-order valence-electron chi connectivity index (χ4n) is 4.35. The van der Waals surface area contributed by atoms with E-state index in [2.05, 4.69) is 21.9 Å². The molecule has 0 radical (unpaired) electrons. The van der Waals surface area contributed by atoms with E-state index >= 15 is 4.39 Å². The predicted molar refractivity (Wildman–Crippen MR) is 133 cm³/mol. The Morgan fingerprint density at radius 3 is 2.80 bits per heavy atom. The van der Waals surface area contributed by atoms with Crippen molar-refractivity contribution in [2.75, 3.05) is 30.4 Å². The summed E-state index contributed by atoms with van der Waals surface area (Å²) in [6.07, 6.45) is 5.00. The quantitative estimate of drug-likeness (QED) is 0.364. The molecule has 0 aliphatic carbocycles. The van der Waals surface area contributed by atoms with Crippen LogP contribution in [0.3, 0.4) is 0 Å². The van der Waals surface area contributed by atoms with Gasteiger partial charge in [-0.2, -0.15) is 0 Å². The number of amides is 3. The first kappa shape index (κ1) is 23.1. The number of carbonyl (C=O) groups is 2. The molecule has 0 fully saturated rings. The number of carbonyl (C=O) groups excluding carboxylic acids is 2. The summed E-state index contributed by atoms with van der Waals surface area (Å²) in [5.74, 6) is -0.313. The first-order valence-electron chi connectivity index (χ1n) is 10.6. The van der Waals surface area contributed by atoms with Gasteiger partial charge in [0.05, 0.1) is 39.4 Å². The van der Waals surface area contributed by atoms with E-state index in [1.54, 1.807) is 11.0 Å². The molecule has 0 spiro atoms. The van der Waals surface area contributed by atoms with Gasteiger partial charge in [-0.1, -0.05) is 35.9 Å². The number of anilines is 3. The largest absolute Gasteiger partial charge is 0.496 e. The standard InChI is InChI=1S/C24H18Cl2FN5O3/c1-3-17(33)31-8-6-12(7-9-31)18-16(35-2)10-14-19-22(18)30-24(34)32(23(19)29-11-28-14)15-5-4-13(25)20(26)21(15)27/h3-6,10-11H,1,7-9H2,2H3,(H,30,34). The summed E-state index contributed by atoms with van der Waals surface area (Å²) >= 11 is 11.9. The van der Waals surface area contributed by atoms with Crippen molar-refractivity contribution in [3.05, 3.63) is 64.7 Å². The van der Waals surface area contributed by atoms with Crippen LogP contribution in [0.25, 0.3) is 16.5 Å². The predicted octanol–water partition coefficient (Wildman–Crippen LogP) is 5.57. The third-order valence-corrected chi connectivity index (χ3v) is 6.79. The summed E-state index contributed by atoms with van der Waals surface area (Å²) < 4.78 is 20.7. The Hall–Kier alpha value is -3.69. The molecule has 35 heavy (non-hydrogen) atoms. The van der Waals surface area contributed by atoms with Crippen LogP contribution in [0.4, 0.5) is 26.4 Å². The lowest BCUT2D eigenvalue weighted by Crippen LogP contribution is -2.36. The number of urea groups is 1. The normalized spacial score (nSPS) is 15.1. The Kier molecular flexibility index (Phi) is 5.82. The molecule has 0 atom stereocenters. The van der Waals surface area contributed by atoms with E-state index in [4.69, 9.17) is 27.9 Å². The van der Waals surface area contributed by atoms with E-state index in [0.29, 0.717) is 47.4 Å². The van der Waals surface area contributed by atoms with Crippen molar-refractivity contribution in [1.82, 2.24) is 14.9 Å². The zero-order valence-corrected chi connectivity index (χ0v) is 20.0. The highest BCUT2D eigenvalue weighted by molar-refractivity contribution is 6.42. The molecule has 0 saturated heterocycles. The fourth-order valence-corrected chi connectivity index (χ4v) is 4.66. The first-order chi connectivity index (χ1) is 16.8. The second-order valence-electron chi connectivity index (χ2n) is 7.85. The molecular weight excluding hydrogens is 496 g/mol. The number of halogens is 3. The summed E-state index contributed by atoms with van der Waals surface area (Å²) in [5, 5.41) is 3.11. The zero-order valence-electron chi connectivity index (χ0n) is 18.4. The van der Waals surface area contributed by atoms with Gasteiger partial charge >= 0.3 is 6.03 Å². The Balaban J connectivity index is 1.72. The number of nitrogens with one attached hydrogen (secondary N) is 1. The maximum absolute atomic E-state index is 15.0. The Bertz CT molecular complexity index is 1460.